The van der Waals surface area contributed by atoms with Crippen molar-refractivity contribution >= 4 is 27.4 Å². The molecule has 8 heteroatoms. The number of sulfone groups is 1. The van der Waals surface area contributed by atoms with E-state index < -0.39 is 15.8 Å². The molecule has 0 saturated carbocycles. The minimum absolute atomic E-state index is 0.0296. The Kier molecular flexibility index (Phi) is 4.16. The molecule has 0 atom stereocenters. The smallest absolute Gasteiger partial charge is 0.340 e. The van der Waals surface area contributed by atoms with E-state index in [2.05, 4.69) is 5.10 Å². The minimum Gasteiger partial charge on any atom is -0.478 e. The molecule has 0 fully saturated rings. The number of aromatic nitrogens is 2. The van der Waals surface area contributed by atoms with Crippen molar-refractivity contribution in [2.24, 2.45) is 0 Å². The summed E-state index contributed by atoms with van der Waals surface area (Å²) >= 11 is 5.86. The molecular weight excluding hydrogens is 268 g/mol. The van der Waals surface area contributed by atoms with Crippen LogP contribution < -0.4 is 0 Å². The van der Waals surface area contributed by atoms with E-state index in [1.807, 2.05) is 0 Å². The van der Waals surface area contributed by atoms with Crippen molar-refractivity contribution in [3.8, 4) is 0 Å². The summed E-state index contributed by atoms with van der Waals surface area (Å²) in [6, 6.07) is 0. The zero-order valence-corrected chi connectivity index (χ0v) is 11.0. The van der Waals surface area contributed by atoms with Gasteiger partial charge in [-0.3, -0.25) is 4.68 Å². The van der Waals surface area contributed by atoms with Gasteiger partial charge in [0.2, 0.25) is 0 Å². The Bertz CT molecular complexity index is 535. The van der Waals surface area contributed by atoms with E-state index >= 15 is 0 Å². The van der Waals surface area contributed by atoms with E-state index in [-0.39, 0.29) is 23.0 Å². The second-order valence-electron chi connectivity index (χ2n) is 3.62. The first-order valence-electron chi connectivity index (χ1n) is 4.92. The minimum atomic E-state index is -3.14. The molecule has 1 heterocycles. The molecular formula is C9H13ClN2O4S. The highest BCUT2D eigenvalue weighted by atomic mass is 35.5. The molecule has 0 aliphatic rings. The highest BCUT2D eigenvalue weighted by Crippen LogP contribution is 2.20. The summed E-state index contributed by atoms with van der Waals surface area (Å²) in [6.07, 6.45) is 1.52. The maximum atomic E-state index is 11.0. The molecule has 0 radical (unpaired) electrons. The Morgan fingerprint density at radius 2 is 2.12 bits per heavy atom. The number of hydrogen-bond donors (Lipinski definition) is 1. The zero-order valence-electron chi connectivity index (χ0n) is 9.47. The molecule has 6 nitrogen and oxygen atoms in total. The Labute approximate surface area is 104 Å². The molecule has 0 saturated heterocycles. The van der Waals surface area contributed by atoms with Crippen LogP contribution in [-0.2, 0) is 22.8 Å². The fourth-order valence-corrected chi connectivity index (χ4v) is 2.16. The average molecular weight is 281 g/mol. The number of rotatable bonds is 5. The summed E-state index contributed by atoms with van der Waals surface area (Å²) in [7, 11) is -3.14. The molecule has 0 unspecified atom stereocenters. The van der Waals surface area contributed by atoms with Crippen molar-refractivity contribution in [1.29, 1.82) is 0 Å². The van der Waals surface area contributed by atoms with Gasteiger partial charge < -0.3 is 5.11 Å². The Balaban J connectivity index is 3.07. The van der Waals surface area contributed by atoms with Gasteiger partial charge in [-0.05, 0) is 6.42 Å². The molecule has 96 valence electrons. The van der Waals surface area contributed by atoms with E-state index in [1.54, 1.807) is 6.92 Å². The molecule has 0 aromatic carbocycles. The molecule has 0 amide bonds. The summed E-state index contributed by atoms with van der Waals surface area (Å²) in [5.74, 6) is -1.28. The second kappa shape index (κ2) is 5.05. The lowest BCUT2D eigenvalue weighted by Crippen LogP contribution is -2.12. The molecule has 0 bridgehead atoms. The molecule has 1 N–H and O–H groups in total. The van der Waals surface area contributed by atoms with E-state index in [9.17, 15) is 13.2 Å². The fraction of sp³-hybridized carbons (Fsp3) is 0.556. The van der Waals surface area contributed by atoms with Crippen molar-refractivity contribution in [3.63, 3.8) is 0 Å². The van der Waals surface area contributed by atoms with Crippen LogP contribution in [0.25, 0.3) is 0 Å². The van der Waals surface area contributed by atoms with Gasteiger partial charge in [-0.25, -0.2) is 13.2 Å². The number of nitrogens with zero attached hydrogens (tertiary/aromatic N) is 2. The van der Waals surface area contributed by atoms with Crippen LogP contribution in [0.15, 0.2) is 0 Å². The third-order valence-electron chi connectivity index (χ3n) is 2.19. The van der Waals surface area contributed by atoms with Crippen LogP contribution in [-0.4, -0.2) is 41.3 Å². The van der Waals surface area contributed by atoms with E-state index in [0.29, 0.717) is 12.1 Å². The molecule has 1 aromatic rings. The van der Waals surface area contributed by atoms with Gasteiger partial charge in [-0.2, -0.15) is 5.10 Å². The molecule has 0 aliphatic carbocycles. The van der Waals surface area contributed by atoms with E-state index in [1.165, 1.54) is 4.68 Å². The SMILES string of the molecule is CCc1nn(CCS(C)(=O)=O)c(Cl)c1C(=O)O. The maximum Gasteiger partial charge on any atom is 0.340 e. The number of carboxylic acid groups (broad SMARTS) is 1. The first kappa shape index (κ1) is 14.0. The third kappa shape index (κ3) is 3.44. The van der Waals surface area contributed by atoms with Gasteiger partial charge in [0.05, 0.1) is 18.0 Å². The van der Waals surface area contributed by atoms with Crippen molar-refractivity contribution in [3.05, 3.63) is 16.4 Å². The van der Waals surface area contributed by atoms with Gasteiger partial charge in [0.15, 0.2) is 0 Å². The van der Waals surface area contributed by atoms with Crippen LogP contribution in [0.5, 0.6) is 0 Å². The first-order chi connectivity index (χ1) is 7.76. The van der Waals surface area contributed by atoms with Crippen LogP contribution >= 0.6 is 11.6 Å². The Hall–Kier alpha value is -1.08. The lowest BCUT2D eigenvalue weighted by atomic mass is 10.2. The maximum absolute atomic E-state index is 11.0. The monoisotopic (exact) mass is 280 g/mol. The van der Waals surface area contributed by atoms with Crippen LogP contribution in [0.1, 0.15) is 23.0 Å². The van der Waals surface area contributed by atoms with E-state index in [0.717, 1.165) is 6.26 Å². The number of carbonyl (C=O) groups is 1. The van der Waals surface area contributed by atoms with Gasteiger partial charge in [-0.1, -0.05) is 18.5 Å². The average Bonchev–Trinajstić information content (AvgIpc) is 2.51. The predicted octanol–water partition coefficient (Wildman–Crippen LogP) is 0.842. The second-order valence-corrected chi connectivity index (χ2v) is 6.24. The summed E-state index contributed by atoms with van der Waals surface area (Å²) in [5, 5.41) is 12.9. The standard InChI is InChI=1S/C9H13ClN2O4S/c1-3-6-7(9(13)14)8(10)12(11-6)4-5-17(2,15)16/h3-5H2,1-2H3,(H,13,14). The van der Waals surface area contributed by atoms with Crippen molar-refractivity contribution in [2.45, 2.75) is 19.9 Å². The number of halogens is 1. The number of aromatic carboxylic acids is 1. The summed E-state index contributed by atoms with van der Waals surface area (Å²) in [5.41, 5.74) is 0.304. The van der Waals surface area contributed by atoms with Crippen molar-refractivity contribution in [2.75, 3.05) is 12.0 Å². The molecule has 0 spiro atoms. The van der Waals surface area contributed by atoms with Gasteiger partial charge in [0.1, 0.15) is 20.6 Å². The van der Waals surface area contributed by atoms with Crippen molar-refractivity contribution < 1.29 is 18.3 Å². The molecule has 17 heavy (non-hydrogen) atoms. The van der Waals surface area contributed by atoms with E-state index in [4.69, 9.17) is 16.7 Å². The highest BCUT2D eigenvalue weighted by molar-refractivity contribution is 7.90. The topological polar surface area (TPSA) is 89.3 Å². The highest BCUT2D eigenvalue weighted by Gasteiger charge is 2.21. The normalized spacial score (nSPS) is 11.7. The summed E-state index contributed by atoms with van der Waals surface area (Å²) in [4.78, 5) is 11.0. The van der Waals surface area contributed by atoms with Gasteiger partial charge in [-0.15, -0.1) is 0 Å². The third-order valence-corrected chi connectivity index (χ3v) is 3.49. The zero-order chi connectivity index (χ0) is 13.2. The number of hydrogen-bond acceptors (Lipinski definition) is 4. The number of aryl methyl sites for hydroxylation is 2. The van der Waals surface area contributed by atoms with Gasteiger partial charge in [0.25, 0.3) is 0 Å². The quantitative estimate of drug-likeness (QED) is 0.863. The number of carboxylic acids is 1. The van der Waals surface area contributed by atoms with Gasteiger partial charge in [0, 0.05) is 6.26 Å². The lowest BCUT2D eigenvalue weighted by molar-refractivity contribution is 0.0696. The molecule has 1 rings (SSSR count). The Morgan fingerprint density at radius 3 is 2.47 bits per heavy atom. The van der Waals surface area contributed by atoms with Crippen LogP contribution in [0, 0.1) is 0 Å². The fourth-order valence-electron chi connectivity index (χ4n) is 1.35. The largest absolute Gasteiger partial charge is 0.478 e. The predicted molar refractivity (Wildman–Crippen MR) is 63.3 cm³/mol. The first-order valence-corrected chi connectivity index (χ1v) is 7.36. The molecule has 1 aromatic heterocycles. The van der Waals surface area contributed by atoms with Crippen LogP contribution in [0.3, 0.4) is 0 Å². The van der Waals surface area contributed by atoms with Gasteiger partial charge >= 0.3 is 5.97 Å². The van der Waals surface area contributed by atoms with Crippen LogP contribution in [0.2, 0.25) is 5.15 Å². The van der Waals surface area contributed by atoms with Crippen molar-refractivity contribution in [1.82, 2.24) is 9.78 Å². The summed E-state index contributed by atoms with van der Waals surface area (Å²) < 4.78 is 23.2. The summed E-state index contributed by atoms with van der Waals surface area (Å²) in [6.45, 7) is 1.81. The molecule has 0 aliphatic heterocycles. The van der Waals surface area contributed by atoms with Crippen LogP contribution in [0.4, 0.5) is 0 Å². The Morgan fingerprint density at radius 1 is 1.53 bits per heavy atom. The lowest BCUT2D eigenvalue weighted by Gasteiger charge is -2.01.